The lowest BCUT2D eigenvalue weighted by Gasteiger charge is -2.09. The first kappa shape index (κ1) is 9.57. The summed E-state index contributed by atoms with van der Waals surface area (Å²) in [5, 5.41) is 8.12. The number of aliphatic carboxylic acids is 1. The third-order valence-corrected chi connectivity index (χ3v) is 1.44. The fraction of sp³-hybridized carbons (Fsp3) is 0.250. The molecule has 13 heavy (non-hydrogen) atoms. The van der Waals surface area contributed by atoms with E-state index in [2.05, 4.69) is 4.98 Å². The summed E-state index contributed by atoms with van der Waals surface area (Å²) in [4.78, 5) is 13.7. The lowest BCUT2D eigenvalue weighted by molar-refractivity contribution is -0.164. The highest BCUT2D eigenvalue weighted by molar-refractivity contribution is 5.75. The average Bonchev–Trinajstić information content (AvgIpc) is 2.05. The Morgan fingerprint density at radius 1 is 1.54 bits per heavy atom. The molecule has 1 aromatic rings. The van der Waals surface area contributed by atoms with Gasteiger partial charge in [0.2, 0.25) is 0 Å². The summed E-state index contributed by atoms with van der Waals surface area (Å²) < 4.78 is 25.2. The van der Waals surface area contributed by atoms with E-state index in [1.165, 1.54) is 18.3 Å². The van der Waals surface area contributed by atoms with Crippen LogP contribution in [0.25, 0.3) is 0 Å². The van der Waals surface area contributed by atoms with Crippen molar-refractivity contribution in [1.29, 1.82) is 0 Å². The van der Waals surface area contributed by atoms with Crippen molar-refractivity contribution in [3.05, 3.63) is 30.1 Å². The van der Waals surface area contributed by atoms with Crippen LogP contribution in [0.15, 0.2) is 24.4 Å². The highest BCUT2D eigenvalue weighted by atomic mass is 19.3. The van der Waals surface area contributed by atoms with E-state index in [9.17, 15) is 13.6 Å². The number of carboxylic acids is 1. The fourth-order valence-corrected chi connectivity index (χ4v) is 0.806. The van der Waals surface area contributed by atoms with E-state index >= 15 is 0 Å². The predicted octanol–water partition coefficient (Wildman–Crippen LogP) is 1.34. The second kappa shape index (κ2) is 3.47. The summed E-state index contributed by atoms with van der Waals surface area (Å²) in [6.45, 7) is 0. The number of carboxylic acid groups (broad SMARTS) is 1. The fourth-order valence-electron chi connectivity index (χ4n) is 0.806. The van der Waals surface area contributed by atoms with Crippen molar-refractivity contribution >= 4 is 5.97 Å². The Bertz CT molecular complexity index is 300. The minimum Gasteiger partial charge on any atom is -0.477 e. The van der Waals surface area contributed by atoms with Gasteiger partial charge in [0.15, 0.2) is 0 Å². The Balaban J connectivity index is 2.75. The maximum Gasteiger partial charge on any atom is 0.374 e. The lowest BCUT2D eigenvalue weighted by Crippen LogP contribution is -2.30. The molecule has 0 saturated carbocycles. The van der Waals surface area contributed by atoms with Gasteiger partial charge in [-0.1, -0.05) is 6.07 Å². The Morgan fingerprint density at radius 2 is 2.23 bits per heavy atom. The van der Waals surface area contributed by atoms with Gasteiger partial charge in [-0.2, -0.15) is 8.78 Å². The van der Waals surface area contributed by atoms with E-state index in [1.54, 1.807) is 6.07 Å². The van der Waals surface area contributed by atoms with E-state index in [-0.39, 0.29) is 5.69 Å². The highest BCUT2D eigenvalue weighted by Gasteiger charge is 2.39. The van der Waals surface area contributed by atoms with Gasteiger partial charge in [0.25, 0.3) is 0 Å². The maximum atomic E-state index is 12.6. The smallest absolute Gasteiger partial charge is 0.374 e. The molecule has 1 N–H and O–H groups in total. The molecular formula is C8H7F2NO2. The number of pyridine rings is 1. The number of alkyl halides is 2. The van der Waals surface area contributed by atoms with Gasteiger partial charge in [0.1, 0.15) is 0 Å². The molecule has 0 saturated heterocycles. The number of halogens is 2. The Morgan fingerprint density at radius 3 is 2.69 bits per heavy atom. The second-order valence-electron chi connectivity index (χ2n) is 2.51. The van der Waals surface area contributed by atoms with Crippen molar-refractivity contribution < 1.29 is 18.7 Å². The number of aromatic nitrogens is 1. The number of nitrogens with zero attached hydrogens (tertiary/aromatic N) is 1. The number of hydrogen-bond acceptors (Lipinski definition) is 2. The molecule has 0 bridgehead atoms. The zero-order chi connectivity index (χ0) is 9.90. The molecule has 0 aliphatic carbocycles. The number of rotatable bonds is 3. The van der Waals surface area contributed by atoms with Gasteiger partial charge in [-0.3, -0.25) is 4.98 Å². The molecule has 0 aliphatic rings. The van der Waals surface area contributed by atoms with Crippen LogP contribution in [0.3, 0.4) is 0 Å². The van der Waals surface area contributed by atoms with Gasteiger partial charge >= 0.3 is 11.9 Å². The van der Waals surface area contributed by atoms with E-state index in [1.807, 2.05) is 0 Å². The van der Waals surface area contributed by atoms with E-state index in [4.69, 9.17) is 5.11 Å². The lowest BCUT2D eigenvalue weighted by atomic mass is 10.2. The Hall–Kier alpha value is -1.52. The van der Waals surface area contributed by atoms with Crippen LogP contribution in [0.5, 0.6) is 0 Å². The zero-order valence-electron chi connectivity index (χ0n) is 6.58. The van der Waals surface area contributed by atoms with Crippen molar-refractivity contribution in [1.82, 2.24) is 4.98 Å². The number of carbonyl (C=O) groups is 1. The van der Waals surface area contributed by atoms with Crippen molar-refractivity contribution in [3.63, 3.8) is 0 Å². The molecule has 1 rings (SSSR count). The first-order chi connectivity index (χ1) is 6.02. The molecule has 5 heteroatoms. The van der Waals surface area contributed by atoms with Crippen LogP contribution in [0.4, 0.5) is 8.78 Å². The highest BCUT2D eigenvalue weighted by Crippen LogP contribution is 2.18. The Labute approximate surface area is 73.0 Å². The molecule has 70 valence electrons. The zero-order valence-corrected chi connectivity index (χ0v) is 6.58. The van der Waals surface area contributed by atoms with Crippen LogP contribution in [-0.2, 0) is 11.2 Å². The summed E-state index contributed by atoms with van der Waals surface area (Å²) in [7, 11) is 0. The molecule has 0 unspecified atom stereocenters. The third kappa shape index (κ3) is 2.47. The van der Waals surface area contributed by atoms with Crippen LogP contribution in [0, 0.1) is 0 Å². The molecule has 0 aromatic carbocycles. The molecular weight excluding hydrogens is 180 g/mol. The molecule has 0 atom stereocenters. The topological polar surface area (TPSA) is 50.2 Å². The van der Waals surface area contributed by atoms with E-state index in [0.717, 1.165) is 0 Å². The van der Waals surface area contributed by atoms with E-state index in [0.29, 0.717) is 0 Å². The molecule has 0 radical (unpaired) electrons. The van der Waals surface area contributed by atoms with Crippen LogP contribution < -0.4 is 0 Å². The third-order valence-electron chi connectivity index (χ3n) is 1.44. The second-order valence-corrected chi connectivity index (χ2v) is 2.51. The molecule has 0 amide bonds. The van der Waals surface area contributed by atoms with Crippen LogP contribution in [0.1, 0.15) is 5.69 Å². The first-order valence-corrected chi connectivity index (χ1v) is 3.53. The van der Waals surface area contributed by atoms with Gasteiger partial charge in [-0.15, -0.1) is 0 Å². The standard InChI is InChI=1S/C8H7F2NO2/c9-8(10,7(12)13)5-6-3-1-2-4-11-6/h1-4H,5H2,(H,12,13). The van der Waals surface area contributed by atoms with Crippen molar-refractivity contribution in [2.45, 2.75) is 12.3 Å². The summed E-state index contributed by atoms with van der Waals surface area (Å²) in [5.41, 5.74) is 0.0647. The van der Waals surface area contributed by atoms with Crippen LogP contribution in [-0.4, -0.2) is 22.0 Å². The van der Waals surface area contributed by atoms with Gasteiger partial charge in [0.05, 0.1) is 6.42 Å². The summed E-state index contributed by atoms with van der Waals surface area (Å²) >= 11 is 0. The van der Waals surface area contributed by atoms with Crippen LogP contribution >= 0.6 is 0 Å². The minimum absolute atomic E-state index is 0.0647. The summed E-state index contributed by atoms with van der Waals surface area (Å²) in [5.74, 6) is -5.87. The number of hydrogen-bond donors (Lipinski definition) is 1. The van der Waals surface area contributed by atoms with Gasteiger partial charge in [-0.25, -0.2) is 4.79 Å². The molecule has 1 aromatic heterocycles. The molecule has 0 spiro atoms. The van der Waals surface area contributed by atoms with Crippen molar-refractivity contribution in [2.75, 3.05) is 0 Å². The van der Waals surface area contributed by atoms with Gasteiger partial charge < -0.3 is 5.11 Å². The SMILES string of the molecule is O=C(O)C(F)(F)Cc1ccccn1. The van der Waals surface area contributed by atoms with Crippen LogP contribution in [0.2, 0.25) is 0 Å². The average molecular weight is 187 g/mol. The largest absolute Gasteiger partial charge is 0.477 e. The monoisotopic (exact) mass is 187 g/mol. The quantitative estimate of drug-likeness (QED) is 0.776. The normalized spacial score (nSPS) is 11.2. The maximum absolute atomic E-state index is 12.6. The Kier molecular flexibility index (Phi) is 2.55. The molecule has 3 nitrogen and oxygen atoms in total. The molecule has 0 aliphatic heterocycles. The molecule has 0 fully saturated rings. The molecule has 1 heterocycles. The summed E-state index contributed by atoms with van der Waals surface area (Å²) in [6.07, 6.45) is 0.469. The van der Waals surface area contributed by atoms with Crippen molar-refractivity contribution in [2.24, 2.45) is 0 Å². The summed E-state index contributed by atoms with van der Waals surface area (Å²) in [6, 6.07) is 4.46. The van der Waals surface area contributed by atoms with Gasteiger partial charge in [0, 0.05) is 11.9 Å². The first-order valence-electron chi connectivity index (χ1n) is 3.53. The van der Waals surface area contributed by atoms with Gasteiger partial charge in [-0.05, 0) is 12.1 Å². The minimum atomic E-state index is -3.74. The van der Waals surface area contributed by atoms with Crippen molar-refractivity contribution in [3.8, 4) is 0 Å². The van der Waals surface area contributed by atoms with E-state index < -0.39 is 18.3 Å². The predicted molar refractivity (Wildman–Crippen MR) is 40.5 cm³/mol.